The molecule has 0 aromatic heterocycles. The minimum absolute atomic E-state index is 0.0855. The number of hydrogen-bond acceptors (Lipinski definition) is 4. The first-order valence-electron chi connectivity index (χ1n) is 9.06. The van der Waals surface area contributed by atoms with Gasteiger partial charge in [-0.3, -0.25) is 4.79 Å². The second-order valence-corrected chi connectivity index (χ2v) is 9.19. The van der Waals surface area contributed by atoms with Crippen molar-refractivity contribution in [3.8, 4) is 5.75 Å². The number of aryl methyl sites for hydroxylation is 2. The lowest BCUT2D eigenvalue weighted by Gasteiger charge is -2.17. The molecule has 2 rings (SSSR count). The van der Waals surface area contributed by atoms with Gasteiger partial charge in [0.1, 0.15) is 5.75 Å². The van der Waals surface area contributed by atoms with Crippen molar-refractivity contribution in [1.82, 2.24) is 9.62 Å². The van der Waals surface area contributed by atoms with E-state index in [4.69, 9.17) is 4.74 Å². The fourth-order valence-corrected chi connectivity index (χ4v) is 3.27. The molecule has 152 valence electrons. The van der Waals surface area contributed by atoms with Gasteiger partial charge >= 0.3 is 0 Å². The van der Waals surface area contributed by atoms with Gasteiger partial charge in [-0.25, -0.2) is 12.7 Å². The van der Waals surface area contributed by atoms with Crippen LogP contribution in [0.25, 0.3) is 0 Å². The number of nitrogens with zero attached hydrogens (tertiary/aromatic N) is 1. The minimum Gasteiger partial charge on any atom is -0.484 e. The van der Waals surface area contributed by atoms with Crippen molar-refractivity contribution in [2.45, 2.75) is 33.4 Å². The lowest BCUT2D eigenvalue weighted by atomic mass is 10.0. The molecule has 2 aromatic rings. The molecule has 0 saturated carbocycles. The zero-order valence-corrected chi connectivity index (χ0v) is 17.8. The van der Waals surface area contributed by atoms with E-state index < -0.39 is 10.0 Å². The maximum atomic E-state index is 12.2. The smallest absolute Gasteiger partial charge is 0.258 e. The van der Waals surface area contributed by atoms with Gasteiger partial charge in [0.15, 0.2) is 6.61 Å². The highest BCUT2D eigenvalue weighted by atomic mass is 32.2. The quantitative estimate of drug-likeness (QED) is 0.734. The Morgan fingerprint density at radius 1 is 1.14 bits per heavy atom. The van der Waals surface area contributed by atoms with Gasteiger partial charge < -0.3 is 10.1 Å². The molecular weight excluding hydrogens is 376 g/mol. The summed E-state index contributed by atoms with van der Waals surface area (Å²) in [5, 5.41) is 2.94. The summed E-state index contributed by atoms with van der Waals surface area (Å²) < 4.78 is 29.7. The molecule has 0 bridgehead atoms. The summed E-state index contributed by atoms with van der Waals surface area (Å²) in [5.74, 6) is 0.355. The van der Waals surface area contributed by atoms with E-state index in [1.165, 1.54) is 23.2 Å². The van der Waals surface area contributed by atoms with Crippen LogP contribution in [0.2, 0.25) is 0 Å². The molecule has 0 unspecified atom stereocenters. The van der Waals surface area contributed by atoms with Crippen LogP contribution in [0.1, 0.15) is 35.2 Å². The molecule has 28 heavy (non-hydrogen) atoms. The van der Waals surface area contributed by atoms with E-state index in [1.807, 2.05) is 32.9 Å². The third-order valence-electron chi connectivity index (χ3n) is 4.53. The number of rotatable bonds is 8. The molecule has 0 radical (unpaired) electrons. The predicted octanol–water partition coefficient (Wildman–Crippen LogP) is 2.95. The fraction of sp³-hybridized carbons (Fsp3) is 0.381. The molecule has 2 aromatic carbocycles. The van der Waals surface area contributed by atoms with Gasteiger partial charge in [0.2, 0.25) is 10.0 Å². The van der Waals surface area contributed by atoms with Crippen LogP contribution in [0.3, 0.4) is 0 Å². The standard InChI is InChI=1S/C21H28N2O4S/c1-15-6-11-20(16(2)12-15)17(3)22-21(24)14-27-19-9-7-18(8-10-19)13-23(4)28(5,25)26/h6-12,17H,13-14H2,1-5H3,(H,22,24)/t17-/m0/s1. The van der Waals surface area contributed by atoms with Gasteiger partial charge in [0, 0.05) is 13.6 Å². The number of amides is 1. The minimum atomic E-state index is -3.22. The lowest BCUT2D eigenvalue weighted by Crippen LogP contribution is -2.31. The van der Waals surface area contributed by atoms with Gasteiger partial charge in [0.25, 0.3) is 5.91 Å². The van der Waals surface area contributed by atoms with Crippen LogP contribution < -0.4 is 10.1 Å². The van der Waals surface area contributed by atoms with Gasteiger partial charge in [-0.05, 0) is 49.6 Å². The van der Waals surface area contributed by atoms with Crippen molar-refractivity contribution in [3.05, 3.63) is 64.7 Å². The highest BCUT2D eigenvalue weighted by Crippen LogP contribution is 2.19. The van der Waals surface area contributed by atoms with E-state index >= 15 is 0 Å². The van der Waals surface area contributed by atoms with Gasteiger partial charge in [0.05, 0.1) is 12.3 Å². The first kappa shape index (κ1) is 21.9. The van der Waals surface area contributed by atoms with Gasteiger partial charge in [-0.1, -0.05) is 35.9 Å². The summed E-state index contributed by atoms with van der Waals surface area (Å²) in [7, 11) is -1.69. The Bertz CT molecular complexity index is 924. The van der Waals surface area contributed by atoms with E-state index in [9.17, 15) is 13.2 Å². The maximum Gasteiger partial charge on any atom is 0.258 e. The zero-order valence-electron chi connectivity index (χ0n) is 17.0. The molecule has 0 aliphatic heterocycles. The summed E-state index contributed by atoms with van der Waals surface area (Å²) >= 11 is 0. The second-order valence-electron chi connectivity index (χ2n) is 7.10. The number of carbonyl (C=O) groups is 1. The van der Waals surface area contributed by atoms with E-state index in [0.717, 1.165) is 16.7 Å². The molecule has 0 heterocycles. The van der Waals surface area contributed by atoms with E-state index in [1.54, 1.807) is 24.3 Å². The highest BCUT2D eigenvalue weighted by molar-refractivity contribution is 7.88. The summed E-state index contributed by atoms with van der Waals surface area (Å²) in [5.41, 5.74) is 4.25. The predicted molar refractivity (Wildman–Crippen MR) is 111 cm³/mol. The topological polar surface area (TPSA) is 75.7 Å². The summed E-state index contributed by atoms with van der Waals surface area (Å²) in [6.45, 7) is 6.22. The van der Waals surface area contributed by atoms with Crippen molar-refractivity contribution >= 4 is 15.9 Å². The van der Waals surface area contributed by atoms with Crippen molar-refractivity contribution in [3.63, 3.8) is 0 Å². The van der Waals surface area contributed by atoms with Crippen LogP contribution in [0.5, 0.6) is 5.75 Å². The number of benzene rings is 2. The number of nitrogens with one attached hydrogen (secondary N) is 1. The lowest BCUT2D eigenvalue weighted by molar-refractivity contribution is -0.123. The van der Waals surface area contributed by atoms with Gasteiger partial charge in [-0.15, -0.1) is 0 Å². The van der Waals surface area contributed by atoms with E-state index in [-0.39, 0.29) is 25.1 Å². The molecule has 0 saturated heterocycles. The Kier molecular flexibility index (Phi) is 7.21. The third kappa shape index (κ3) is 6.35. The van der Waals surface area contributed by atoms with Crippen molar-refractivity contribution in [2.75, 3.05) is 19.9 Å². The summed E-state index contributed by atoms with van der Waals surface area (Å²) in [6, 6.07) is 13.1. The molecule has 1 atom stereocenters. The zero-order chi connectivity index (χ0) is 20.9. The van der Waals surface area contributed by atoms with Crippen LogP contribution in [-0.4, -0.2) is 38.5 Å². The fourth-order valence-electron chi connectivity index (χ4n) is 2.89. The number of hydrogen-bond donors (Lipinski definition) is 1. The molecule has 7 heteroatoms. The summed E-state index contributed by atoms with van der Waals surface area (Å²) in [6.07, 6.45) is 1.17. The Labute approximate surface area is 167 Å². The van der Waals surface area contributed by atoms with Crippen LogP contribution in [-0.2, 0) is 21.4 Å². The molecule has 0 aliphatic rings. The van der Waals surface area contributed by atoms with E-state index in [0.29, 0.717) is 5.75 Å². The molecule has 1 N–H and O–H groups in total. The molecule has 0 aliphatic carbocycles. The highest BCUT2D eigenvalue weighted by Gasteiger charge is 2.13. The first-order chi connectivity index (χ1) is 13.1. The normalized spacial score (nSPS) is 12.6. The Morgan fingerprint density at radius 2 is 1.79 bits per heavy atom. The molecular formula is C21H28N2O4S. The van der Waals surface area contributed by atoms with Gasteiger partial charge in [-0.2, -0.15) is 0 Å². The van der Waals surface area contributed by atoms with Crippen molar-refractivity contribution < 1.29 is 17.9 Å². The Morgan fingerprint density at radius 3 is 2.36 bits per heavy atom. The second kappa shape index (κ2) is 9.21. The van der Waals surface area contributed by atoms with Crippen molar-refractivity contribution in [2.24, 2.45) is 0 Å². The average molecular weight is 405 g/mol. The SMILES string of the molecule is Cc1ccc([C@H](C)NC(=O)COc2ccc(CN(C)S(C)(=O)=O)cc2)c(C)c1. The number of carbonyl (C=O) groups excluding carboxylic acids is 1. The monoisotopic (exact) mass is 404 g/mol. The first-order valence-corrected chi connectivity index (χ1v) is 10.9. The molecule has 0 spiro atoms. The number of sulfonamides is 1. The van der Waals surface area contributed by atoms with Crippen LogP contribution >= 0.6 is 0 Å². The van der Waals surface area contributed by atoms with Crippen molar-refractivity contribution in [1.29, 1.82) is 0 Å². The average Bonchev–Trinajstić information content (AvgIpc) is 2.60. The van der Waals surface area contributed by atoms with Crippen LogP contribution in [0, 0.1) is 13.8 Å². The van der Waals surface area contributed by atoms with E-state index in [2.05, 4.69) is 11.4 Å². The number of ether oxygens (including phenoxy) is 1. The van der Waals surface area contributed by atoms with Crippen LogP contribution in [0.15, 0.2) is 42.5 Å². The molecule has 0 fully saturated rings. The maximum absolute atomic E-state index is 12.2. The third-order valence-corrected chi connectivity index (χ3v) is 5.80. The largest absolute Gasteiger partial charge is 0.484 e. The summed E-state index contributed by atoms with van der Waals surface area (Å²) in [4.78, 5) is 12.2. The molecule has 6 nitrogen and oxygen atoms in total. The van der Waals surface area contributed by atoms with Crippen LogP contribution in [0.4, 0.5) is 0 Å². The molecule has 1 amide bonds. The Hall–Kier alpha value is -2.38. The Balaban J connectivity index is 1.87.